The van der Waals surface area contributed by atoms with Crippen molar-refractivity contribution in [2.45, 2.75) is 227 Å². The lowest BCUT2D eigenvalue weighted by atomic mass is 9.83. The van der Waals surface area contributed by atoms with Gasteiger partial charge in [0.05, 0.1) is 49.2 Å². The number of carbonyl (C=O) groups is 11. The molecular formula is C65H102N6O17. The van der Waals surface area contributed by atoms with Crippen LogP contribution in [0.1, 0.15) is 161 Å². The van der Waals surface area contributed by atoms with Gasteiger partial charge in [-0.05, 0) is 105 Å². The number of rotatable bonds is 31. The van der Waals surface area contributed by atoms with Crippen LogP contribution in [0.5, 0.6) is 0 Å². The maximum absolute atomic E-state index is 15.3. The number of Topliss-reactive ketones (excluding diaryl/α,β-unsaturated/α-hetero) is 1. The molecule has 23 nitrogen and oxygen atoms in total. The first-order valence-electron chi connectivity index (χ1n) is 30.7. The van der Waals surface area contributed by atoms with Crippen LogP contribution in [0.2, 0.25) is 0 Å². The second kappa shape index (κ2) is 32.6. The van der Waals surface area contributed by atoms with Gasteiger partial charge in [-0.15, -0.1) is 0 Å². The number of amides is 7. The number of carboxylic acid groups (broad SMARTS) is 1. The van der Waals surface area contributed by atoms with Crippen molar-refractivity contribution < 1.29 is 81.5 Å². The van der Waals surface area contributed by atoms with E-state index < -0.39 is 168 Å². The molecule has 0 radical (unpaired) electrons. The summed E-state index contributed by atoms with van der Waals surface area (Å²) in [6.45, 7) is 26.4. The number of hydrogen-bond donors (Lipinski definition) is 2. The lowest BCUT2D eigenvalue weighted by Gasteiger charge is -2.41. The molecule has 7 amide bonds. The molecule has 1 aromatic carbocycles. The van der Waals surface area contributed by atoms with E-state index in [4.69, 9.17) is 23.7 Å². The van der Waals surface area contributed by atoms with Gasteiger partial charge in [0, 0.05) is 72.2 Å². The van der Waals surface area contributed by atoms with E-state index in [1.807, 2.05) is 19.9 Å². The molecule has 1 saturated heterocycles. The minimum atomic E-state index is -1.88. The zero-order valence-corrected chi connectivity index (χ0v) is 55.8. The zero-order valence-electron chi connectivity index (χ0n) is 55.8. The molecule has 0 aromatic heterocycles. The van der Waals surface area contributed by atoms with E-state index in [2.05, 4.69) is 5.32 Å². The first kappa shape index (κ1) is 75.5. The molecular weight excluding hydrogens is 1140 g/mol. The number of imide groups is 1. The predicted octanol–water partition coefficient (Wildman–Crippen LogP) is 6.80. The fourth-order valence-electron chi connectivity index (χ4n) is 11.5. The molecule has 0 aliphatic carbocycles. The largest absolute Gasteiger partial charge is 0.480 e. The van der Waals surface area contributed by atoms with E-state index in [9.17, 15) is 43.5 Å². The third-order valence-corrected chi connectivity index (χ3v) is 16.0. The third-order valence-electron chi connectivity index (χ3n) is 16.0. The molecule has 88 heavy (non-hydrogen) atoms. The number of likely N-dealkylation sites (N-methyl/N-ethyl adjacent to an activating group) is 2. The fraction of sp³-hybridized carbons (Fsp3) is 0.708. The molecule has 23 heteroatoms. The average molecular weight is 1240 g/mol. The van der Waals surface area contributed by atoms with Gasteiger partial charge in [-0.25, -0.2) is 14.4 Å². The first-order valence-corrected chi connectivity index (χ1v) is 30.7. The number of ketones is 1. The second-order valence-corrected chi connectivity index (χ2v) is 27.0. The van der Waals surface area contributed by atoms with Crippen LogP contribution < -0.4 is 5.32 Å². The minimum Gasteiger partial charge on any atom is -0.480 e. The molecule has 3 rings (SSSR count). The van der Waals surface area contributed by atoms with E-state index in [-0.39, 0.29) is 31.1 Å². The summed E-state index contributed by atoms with van der Waals surface area (Å²) in [6.07, 6.45) is -0.543. The van der Waals surface area contributed by atoms with Crippen molar-refractivity contribution in [3.63, 3.8) is 0 Å². The average Bonchev–Trinajstić information content (AvgIpc) is 1.45. The number of methoxy groups -OCH3 is 2. The number of aliphatic carboxylic acids is 1. The number of esters is 2. The Labute approximate surface area is 521 Å². The molecule has 2 aliphatic heterocycles. The Bertz CT molecular complexity index is 2620. The number of carboxylic acids is 1. The van der Waals surface area contributed by atoms with Crippen molar-refractivity contribution in [3.8, 4) is 0 Å². The van der Waals surface area contributed by atoms with Gasteiger partial charge in [0.25, 0.3) is 11.8 Å². The third kappa shape index (κ3) is 21.5. The summed E-state index contributed by atoms with van der Waals surface area (Å²) in [5, 5.41) is 12.7. The Balaban J connectivity index is 2.01. The molecule has 1 unspecified atom stereocenters. The molecule has 11 atom stereocenters. The van der Waals surface area contributed by atoms with Crippen LogP contribution in [0.15, 0.2) is 42.5 Å². The van der Waals surface area contributed by atoms with Gasteiger partial charge in [0.15, 0.2) is 5.78 Å². The highest BCUT2D eigenvalue weighted by atomic mass is 16.6. The summed E-state index contributed by atoms with van der Waals surface area (Å²) in [5.41, 5.74) is -2.49. The summed E-state index contributed by atoms with van der Waals surface area (Å²) in [5.74, 6) is -10.7. The van der Waals surface area contributed by atoms with Crippen molar-refractivity contribution in [2.75, 3.05) is 41.4 Å². The Kier molecular flexibility index (Phi) is 28.0. The van der Waals surface area contributed by atoms with Crippen molar-refractivity contribution in [3.05, 3.63) is 48.0 Å². The first-order chi connectivity index (χ1) is 40.7. The van der Waals surface area contributed by atoms with Crippen molar-refractivity contribution in [1.29, 1.82) is 0 Å². The van der Waals surface area contributed by atoms with E-state index in [1.54, 1.807) is 133 Å². The Morgan fingerprint density at radius 2 is 1.31 bits per heavy atom. The molecule has 1 aromatic rings. The van der Waals surface area contributed by atoms with Crippen molar-refractivity contribution >= 4 is 65.2 Å². The quantitative estimate of drug-likeness (QED) is 0.0439. The number of likely N-dealkylation sites (tertiary alicyclic amines) is 1. The summed E-state index contributed by atoms with van der Waals surface area (Å²) >= 11 is 0. The van der Waals surface area contributed by atoms with Gasteiger partial charge in [-0.1, -0.05) is 85.2 Å². The summed E-state index contributed by atoms with van der Waals surface area (Å²) < 4.78 is 29.1. The van der Waals surface area contributed by atoms with Crippen LogP contribution in [0.25, 0.3) is 0 Å². The van der Waals surface area contributed by atoms with E-state index in [0.717, 1.165) is 27.5 Å². The van der Waals surface area contributed by atoms with Crippen LogP contribution >= 0.6 is 0 Å². The number of benzene rings is 1. The van der Waals surface area contributed by atoms with Crippen LogP contribution in [0.3, 0.4) is 0 Å². The Morgan fingerprint density at radius 1 is 0.739 bits per heavy atom. The van der Waals surface area contributed by atoms with Gasteiger partial charge in [0.2, 0.25) is 23.6 Å². The standard InChI is InChI=1S/C65H102N6O17/c1-21-40(6)55(49(84-19)36-52(75)69-33-25-28-45(69)56(85-20)41(7)57(77)66-44(60(80)81)34-42-26-23-22-24-27-42)68(18)58(78)43(38(2)3)35-48(72)54(39(4)5)67(17)59(79)47(71-50(73)30-31-51(71)74)37-70(62(83)88-65(14,15)16)46(61(82)87-64(11,12)13)29-32-53(76)86-63(8,9)10/h22-24,26-27,30-31,38-41,43-47,49,54-56H,21,25,28-29,32-37H2,1-20H3,(H,66,77)(H,80,81)/t40-,41+,43-,44-,45-,46?,47-,49+,54+,55+,56-/m0/s1. The lowest BCUT2D eigenvalue weighted by molar-refractivity contribution is -0.164. The highest BCUT2D eigenvalue weighted by molar-refractivity contribution is 6.15. The maximum atomic E-state index is 15.3. The van der Waals surface area contributed by atoms with Gasteiger partial charge in [-0.2, -0.15) is 0 Å². The summed E-state index contributed by atoms with van der Waals surface area (Å²) in [7, 11) is 5.82. The Hall–Kier alpha value is -6.75. The summed E-state index contributed by atoms with van der Waals surface area (Å²) in [4.78, 5) is 161. The van der Waals surface area contributed by atoms with Gasteiger partial charge in [0.1, 0.15) is 34.9 Å². The monoisotopic (exact) mass is 1240 g/mol. The molecule has 2 N–H and O–H groups in total. The van der Waals surface area contributed by atoms with Crippen LogP contribution in [-0.4, -0.2) is 202 Å². The highest BCUT2D eigenvalue weighted by Crippen LogP contribution is 2.32. The molecule has 0 spiro atoms. The van der Waals surface area contributed by atoms with Crippen LogP contribution in [0.4, 0.5) is 4.79 Å². The molecule has 2 aliphatic rings. The van der Waals surface area contributed by atoms with Crippen molar-refractivity contribution in [2.24, 2.45) is 29.6 Å². The van der Waals surface area contributed by atoms with E-state index in [1.165, 1.54) is 26.2 Å². The molecule has 0 saturated carbocycles. The van der Waals surface area contributed by atoms with Gasteiger partial charge >= 0.3 is 24.0 Å². The SMILES string of the molecule is CC[C@H](C)[C@H]([C@@H](CC(=O)N1CCC[C@H]1[C@@H](OC)[C@@H](C)C(=O)N[C@@H](Cc1ccccc1)C(=O)O)OC)N(C)C(=O)[C@@H](CC(=O)[C@@H](C(C)C)N(C)C(=O)[C@H](CN(C(=O)OC(C)(C)C)C(CCC(=O)OC(C)(C)C)C(=O)OC(C)(C)C)N1C(=O)C=CC1=O)C(C)C. The number of hydrogen-bond acceptors (Lipinski definition) is 16. The fourth-order valence-corrected chi connectivity index (χ4v) is 11.5. The molecule has 1 fully saturated rings. The normalized spacial score (nSPS) is 18.1. The zero-order chi connectivity index (χ0) is 67.1. The van der Waals surface area contributed by atoms with Crippen LogP contribution in [-0.2, 0) is 78.1 Å². The maximum Gasteiger partial charge on any atom is 0.411 e. The number of carbonyl (C=O) groups excluding carboxylic acids is 10. The van der Waals surface area contributed by atoms with E-state index in [0.29, 0.717) is 30.7 Å². The van der Waals surface area contributed by atoms with Crippen LogP contribution in [0, 0.1) is 29.6 Å². The van der Waals surface area contributed by atoms with Gasteiger partial charge in [-0.3, -0.25) is 48.2 Å². The molecule has 2 heterocycles. The topological polar surface area (TPSA) is 282 Å². The second-order valence-electron chi connectivity index (χ2n) is 27.0. The number of ether oxygens (including phenoxy) is 5. The molecule has 494 valence electrons. The van der Waals surface area contributed by atoms with Crippen molar-refractivity contribution in [1.82, 2.24) is 29.8 Å². The highest BCUT2D eigenvalue weighted by Gasteiger charge is 2.48. The van der Waals surface area contributed by atoms with Gasteiger partial charge < -0.3 is 48.8 Å². The smallest absolute Gasteiger partial charge is 0.411 e. The summed E-state index contributed by atoms with van der Waals surface area (Å²) in [6, 6.07) is 1.65. The molecule has 0 bridgehead atoms. The Morgan fingerprint density at radius 3 is 1.80 bits per heavy atom. The minimum absolute atomic E-state index is 0.0622. The predicted molar refractivity (Wildman–Crippen MR) is 328 cm³/mol. The number of nitrogens with zero attached hydrogens (tertiary/aromatic N) is 5. The number of nitrogens with one attached hydrogen (secondary N) is 1. The lowest BCUT2D eigenvalue weighted by Crippen LogP contribution is -2.61. The van der Waals surface area contributed by atoms with E-state index >= 15 is 14.4 Å².